The molecule has 5 heteroatoms. The standard InChI is InChI=1S/C20H31NO3S/c1-14(2)18-9-7-17(8-10-18)13-25(23,24)16(4)20(22)21-19-11-5-15(3)6-12-19/h7-10,14-16,19H,5-6,11-13H2,1-4H3,(H,21,22)/t15?,16-,19?/m1/s1. The van der Waals surface area contributed by atoms with Crippen molar-refractivity contribution < 1.29 is 13.2 Å². The summed E-state index contributed by atoms with van der Waals surface area (Å²) in [7, 11) is -3.52. The Kier molecular flexibility index (Phi) is 6.66. The largest absolute Gasteiger partial charge is 0.352 e. The van der Waals surface area contributed by atoms with Gasteiger partial charge in [0, 0.05) is 6.04 Å². The first-order chi connectivity index (χ1) is 11.7. The van der Waals surface area contributed by atoms with Gasteiger partial charge in [0.15, 0.2) is 9.84 Å². The fraction of sp³-hybridized carbons (Fsp3) is 0.650. The molecule has 0 aliphatic heterocycles. The Labute approximate surface area is 152 Å². The summed E-state index contributed by atoms with van der Waals surface area (Å²) in [5, 5.41) is 1.92. The van der Waals surface area contributed by atoms with Gasteiger partial charge in [-0.3, -0.25) is 4.79 Å². The SMILES string of the molecule is CC1CCC(NC(=O)[C@@H](C)S(=O)(=O)Cc2ccc(C(C)C)cc2)CC1. The summed E-state index contributed by atoms with van der Waals surface area (Å²) in [6.45, 7) is 7.92. The second-order valence-electron chi connectivity index (χ2n) is 7.81. The molecule has 0 unspecified atom stereocenters. The summed E-state index contributed by atoms with van der Waals surface area (Å²) in [5.74, 6) is 0.650. The summed E-state index contributed by atoms with van der Waals surface area (Å²) in [4.78, 5) is 12.4. The predicted octanol–water partition coefficient (Wildman–Crippen LogP) is 3.81. The van der Waals surface area contributed by atoms with Crippen LogP contribution in [-0.2, 0) is 20.4 Å². The molecule has 2 rings (SSSR count). The van der Waals surface area contributed by atoms with Gasteiger partial charge < -0.3 is 5.32 Å². The van der Waals surface area contributed by atoms with E-state index in [9.17, 15) is 13.2 Å². The van der Waals surface area contributed by atoms with Gasteiger partial charge in [0.25, 0.3) is 0 Å². The van der Waals surface area contributed by atoms with Crippen LogP contribution in [0, 0.1) is 5.92 Å². The molecular formula is C20H31NO3S. The minimum Gasteiger partial charge on any atom is -0.352 e. The van der Waals surface area contributed by atoms with Gasteiger partial charge in [-0.1, -0.05) is 45.0 Å². The van der Waals surface area contributed by atoms with Crippen LogP contribution < -0.4 is 5.32 Å². The first-order valence-electron chi connectivity index (χ1n) is 9.30. The second-order valence-corrected chi connectivity index (χ2v) is 10.1. The fourth-order valence-electron chi connectivity index (χ4n) is 3.24. The average Bonchev–Trinajstić information content (AvgIpc) is 2.56. The summed E-state index contributed by atoms with van der Waals surface area (Å²) in [6, 6.07) is 7.74. The molecular weight excluding hydrogens is 334 g/mol. The first-order valence-corrected chi connectivity index (χ1v) is 11.0. The zero-order chi connectivity index (χ0) is 18.6. The summed E-state index contributed by atoms with van der Waals surface area (Å²) >= 11 is 0. The van der Waals surface area contributed by atoms with Crippen LogP contribution in [0.3, 0.4) is 0 Å². The zero-order valence-electron chi connectivity index (χ0n) is 15.8. The van der Waals surface area contributed by atoms with E-state index in [-0.39, 0.29) is 17.7 Å². The van der Waals surface area contributed by atoms with Crippen molar-refractivity contribution in [2.45, 2.75) is 76.3 Å². The van der Waals surface area contributed by atoms with Gasteiger partial charge in [-0.05, 0) is 55.6 Å². The van der Waals surface area contributed by atoms with Crippen molar-refractivity contribution in [3.63, 3.8) is 0 Å². The zero-order valence-corrected chi connectivity index (χ0v) is 16.6. The molecule has 1 N–H and O–H groups in total. The van der Waals surface area contributed by atoms with Gasteiger partial charge in [-0.25, -0.2) is 8.42 Å². The van der Waals surface area contributed by atoms with Crippen molar-refractivity contribution in [2.75, 3.05) is 0 Å². The van der Waals surface area contributed by atoms with E-state index in [4.69, 9.17) is 0 Å². The predicted molar refractivity (Wildman–Crippen MR) is 102 cm³/mol. The molecule has 1 fully saturated rings. The molecule has 140 valence electrons. The molecule has 0 radical (unpaired) electrons. The van der Waals surface area contributed by atoms with Crippen LogP contribution >= 0.6 is 0 Å². The highest BCUT2D eigenvalue weighted by Gasteiger charge is 2.30. The molecule has 0 spiro atoms. The molecule has 0 aromatic heterocycles. The highest BCUT2D eigenvalue weighted by Crippen LogP contribution is 2.24. The van der Waals surface area contributed by atoms with E-state index >= 15 is 0 Å². The van der Waals surface area contributed by atoms with Crippen molar-refractivity contribution in [3.05, 3.63) is 35.4 Å². The molecule has 0 heterocycles. The number of carbonyl (C=O) groups is 1. The highest BCUT2D eigenvalue weighted by atomic mass is 32.2. The van der Waals surface area contributed by atoms with Crippen molar-refractivity contribution >= 4 is 15.7 Å². The first kappa shape index (κ1) is 20.0. The third kappa shape index (κ3) is 5.56. The minimum atomic E-state index is -3.52. The number of carbonyl (C=O) groups excluding carboxylic acids is 1. The van der Waals surface area contributed by atoms with Crippen LogP contribution in [0.2, 0.25) is 0 Å². The fourth-order valence-corrected chi connectivity index (χ4v) is 4.54. The Morgan fingerprint density at radius 2 is 1.64 bits per heavy atom. The number of hydrogen-bond acceptors (Lipinski definition) is 3. The van der Waals surface area contributed by atoms with Gasteiger partial charge in [-0.2, -0.15) is 0 Å². The molecule has 1 aromatic carbocycles. The van der Waals surface area contributed by atoms with Gasteiger partial charge in [-0.15, -0.1) is 0 Å². The molecule has 1 amide bonds. The maximum atomic E-state index is 12.6. The Bertz CT molecular complexity index is 671. The molecule has 1 saturated carbocycles. The van der Waals surface area contributed by atoms with Crippen LogP contribution in [0.5, 0.6) is 0 Å². The van der Waals surface area contributed by atoms with E-state index in [1.54, 1.807) is 0 Å². The number of rotatable bonds is 6. The third-order valence-electron chi connectivity index (χ3n) is 5.28. The third-order valence-corrected chi connectivity index (χ3v) is 7.31. The Balaban J connectivity index is 1.96. The maximum absolute atomic E-state index is 12.6. The number of amides is 1. The van der Waals surface area contributed by atoms with E-state index in [1.165, 1.54) is 12.5 Å². The lowest BCUT2D eigenvalue weighted by Gasteiger charge is -2.27. The second kappa shape index (κ2) is 8.35. The number of benzene rings is 1. The Morgan fingerprint density at radius 3 is 2.16 bits per heavy atom. The summed E-state index contributed by atoms with van der Waals surface area (Å²) in [6.07, 6.45) is 4.06. The van der Waals surface area contributed by atoms with Crippen molar-refractivity contribution in [1.29, 1.82) is 0 Å². The van der Waals surface area contributed by atoms with Crippen LogP contribution in [-0.4, -0.2) is 25.6 Å². The van der Waals surface area contributed by atoms with Crippen LogP contribution in [0.25, 0.3) is 0 Å². The topological polar surface area (TPSA) is 63.2 Å². The van der Waals surface area contributed by atoms with Gasteiger partial charge in [0.05, 0.1) is 5.75 Å². The Hall–Kier alpha value is -1.36. The van der Waals surface area contributed by atoms with E-state index in [0.29, 0.717) is 11.8 Å². The van der Waals surface area contributed by atoms with Crippen molar-refractivity contribution in [1.82, 2.24) is 5.32 Å². The Morgan fingerprint density at radius 1 is 1.08 bits per heavy atom. The number of sulfone groups is 1. The normalized spacial score (nSPS) is 22.6. The molecule has 1 aromatic rings. The monoisotopic (exact) mass is 365 g/mol. The summed E-state index contributed by atoms with van der Waals surface area (Å²) < 4.78 is 25.2. The number of nitrogens with one attached hydrogen (secondary N) is 1. The molecule has 0 bridgehead atoms. The van der Waals surface area contributed by atoms with Crippen LogP contribution in [0.4, 0.5) is 0 Å². The average molecular weight is 366 g/mol. The van der Waals surface area contributed by atoms with E-state index < -0.39 is 15.1 Å². The smallest absolute Gasteiger partial charge is 0.238 e. The van der Waals surface area contributed by atoms with Crippen molar-refractivity contribution in [2.24, 2.45) is 5.92 Å². The highest BCUT2D eigenvalue weighted by molar-refractivity contribution is 7.92. The molecule has 0 saturated heterocycles. The molecule has 4 nitrogen and oxygen atoms in total. The van der Waals surface area contributed by atoms with Crippen molar-refractivity contribution in [3.8, 4) is 0 Å². The molecule has 1 atom stereocenters. The lowest BCUT2D eigenvalue weighted by Crippen LogP contribution is -2.44. The van der Waals surface area contributed by atoms with Gasteiger partial charge in [0.2, 0.25) is 5.91 Å². The molecule has 1 aliphatic carbocycles. The van der Waals surface area contributed by atoms with E-state index in [1.807, 2.05) is 24.3 Å². The van der Waals surface area contributed by atoms with Crippen LogP contribution in [0.15, 0.2) is 24.3 Å². The van der Waals surface area contributed by atoms with Gasteiger partial charge >= 0.3 is 0 Å². The van der Waals surface area contributed by atoms with E-state index in [2.05, 4.69) is 26.1 Å². The lowest BCUT2D eigenvalue weighted by atomic mass is 9.87. The molecule has 25 heavy (non-hydrogen) atoms. The van der Waals surface area contributed by atoms with Crippen LogP contribution in [0.1, 0.15) is 70.4 Å². The van der Waals surface area contributed by atoms with E-state index in [0.717, 1.165) is 31.2 Å². The molecule has 1 aliphatic rings. The lowest BCUT2D eigenvalue weighted by molar-refractivity contribution is -0.121. The quantitative estimate of drug-likeness (QED) is 0.834. The van der Waals surface area contributed by atoms with Gasteiger partial charge in [0.1, 0.15) is 5.25 Å². The minimum absolute atomic E-state index is 0.0956. The maximum Gasteiger partial charge on any atom is 0.238 e. The summed E-state index contributed by atoms with van der Waals surface area (Å²) in [5.41, 5.74) is 1.91. The number of hydrogen-bond donors (Lipinski definition) is 1.